The highest BCUT2D eigenvalue weighted by Crippen LogP contribution is 2.40. The van der Waals surface area contributed by atoms with Crippen molar-refractivity contribution in [2.24, 2.45) is 0 Å². The van der Waals surface area contributed by atoms with Crippen LogP contribution in [0.1, 0.15) is 89.4 Å². The minimum absolute atomic E-state index is 0.104. The lowest BCUT2D eigenvalue weighted by Crippen LogP contribution is -2.10. The van der Waals surface area contributed by atoms with E-state index < -0.39 is 5.97 Å². The number of aromatic nitrogens is 8. The fourth-order valence-corrected chi connectivity index (χ4v) is 7.33. The van der Waals surface area contributed by atoms with Gasteiger partial charge in [0, 0.05) is 43.8 Å². The molecule has 0 saturated heterocycles. The molecule has 2 aliphatic heterocycles. The second-order valence-corrected chi connectivity index (χ2v) is 17.7. The smallest absolute Gasteiger partial charge is 0.335 e. The zero-order valence-corrected chi connectivity index (χ0v) is 32.5. The number of nitrogens with zero attached hydrogens (tertiary/aromatic N) is 6. The van der Waals surface area contributed by atoms with Gasteiger partial charge in [-0.3, -0.25) is 0 Å². The summed E-state index contributed by atoms with van der Waals surface area (Å²) in [5, 5.41) is 13.5. The minimum atomic E-state index is -1.04. The lowest BCUT2D eigenvalue weighted by molar-refractivity contribution is 0.0697. The molecule has 274 valence electrons. The third kappa shape index (κ3) is 5.75. The van der Waals surface area contributed by atoms with Gasteiger partial charge in [-0.25, -0.2) is 34.7 Å². The Balaban J connectivity index is 1.47. The molecule has 3 N–H and O–H groups in total. The molecule has 0 fully saturated rings. The summed E-state index contributed by atoms with van der Waals surface area (Å²) in [6.45, 7) is 19.7. The van der Waals surface area contributed by atoms with E-state index in [2.05, 4.69) is 127 Å². The lowest BCUT2D eigenvalue weighted by atomic mass is 9.85. The van der Waals surface area contributed by atoms with Crippen LogP contribution in [0.3, 0.4) is 0 Å². The van der Waals surface area contributed by atoms with E-state index in [1.807, 2.05) is 0 Å². The molecule has 9 rings (SSSR count). The Bertz CT molecular complexity index is 2970. The van der Waals surface area contributed by atoms with E-state index in [0.717, 1.165) is 49.4 Å². The Labute approximate surface area is 318 Å². The molecular weight excluding hydrogens is 685 g/mol. The normalized spacial score (nSPS) is 13.0. The zero-order valence-electron chi connectivity index (χ0n) is 32.5. The second-order valence-electron chi connectivity index (χ2n) is 17.7. The van der Waals surface area contributed by atoms with Gasteiger partial charge < -0.3 is 15.1 Å². The molecule has 3 aromatic heterocycles. The summed E-state index contributed by atoms with van der Waals surface area (Å²) in [6.07, 6.45) is 0. The number of hydrogen-bond acceptors (Lipinski definition) is 7. The van der Waals surface area contributed by atoms with Crippen LogP contribution in [0.4, 0.5) is 0 Å². The van der Waals surface area contributed by atoms with Gasteiger partial charge in [-0.2, -0.15) is 0 Å². The maximum absolute atomic E-state index is 12.2. The highest BCUT2D eigenvalue weighted by molar-refractivity contribution is 6.07. The van der Waals surface area contributed by atoms with Crippen molar-refractivity contribution in [2.75, 3.05) is 0 Å². The van der Waals surface area contributed by atoms with E-state index in [4.69, 9.17) is 29.9 Å². The highest BCUT2D eigenvalue weighted by Gasteiger charge is 2.26. The molecule has 7 aromatic rings. The number of nitrogens with one attached hydrogen (secondary N) is 2. The van der Waals surface area contributed by atoms with Gasteiger partial charge in [-0.15, -0.1) is 0 Å². The van der Waals surface area contributed by atoms with E-state index in [1.165, 1.54) is 0 Å². The molecule has 0 aliphatic carbocycles. The van der Waals surface area contributed by atoms with Crippen LogP contribution in [0.5, 0.6) is 0 Å². The monoisotopic (exact) mass is 726 g/mol. The Morgan fingerprint density at radius 1 is 0.436 bits per heavy atom. The van der Waals surface area contributed by atoms with Crippen LogP contribution in [0, 0.1) is 0 Å². The van der Waals surface area contributed by atoms with Crippen LogP contribution < -0.4 is 0 Å². The first kappa shape index (κ1) is 34.5. The Kier molecular flexibility index (Phi) is 7.27. The van der Waals surface area contributed by atoms with E-state index in [9.17, 15) is 9.90 Å². The number of carboxylic acids is 1. The van der Waals surface area contributed by atoms with Crippen LogP contribution >= 0.6 is 0 Å². The van der Waals surface area contributed by atoms with Crippen LogP contribution in [-0.2, 0) is 16.2 Å². The van der Waals surface area contributed by atoms with Crippen molar-refractivity contribution >= 4 is 50.1 Å². The molecule has 8 bridgehead atoms. The number of aromatic carboxylic acids is 1. The Morgan fingerprint density at radius 3 is 1.24 bits per heavy atom. The summed E-state index contributed by atoms with van der Waals surface area (Å²) >= 11 is 0. The first-order valence-electron chi connectivity index (χ1n) is 18.6. The first-order chi connectivity index (χ1) is 25.9. The minimum Gasteiger partial charge on any atom is -0.478 e. The van der Waals surface area contributed by atoms with Crippen molar-refractivity contribution in [2.45, 2.75) is 78.6 Å². The van der Waals surface area contributed by atoms with Crippen molar-refractivity contribution in [3.05, 3.63) is 95.1 Å². The number of aromatic amines is 2. The third-order valence-corrected chi connectivity index (χ3v) is 10.7. The van der Waals surface area contributed by atoms with Crippen LogP contribution in [-0.4, -0.2) is 50.9 Å². The van der Waals surface area contributed by atoms with Crippen LogP contribution in [0.25, 0.3) is 89.7 Å². The largest absolute Gasteiger partial charge is 0.478 e. The van der Waals surface area contributed by atoms with Crippen LogP contribution in [0.15, 0.2) is 72.8 Å². The molecule has 10 heteroatoms. The van der Waals surface area contributed by atoms with Crippen molar-refractivity contribution in [3.8, 4) is 45.6 Å². The van der Waals surface area contributed by atoms with E-state index in [0.29, 0.717) is 57.0 Å². The maximum atomic E-state index is 12.2. The van der Waals surface area contributed by atoms with E-state index >= 15 is 0 Å². The summed E-state index contributed by atoms with van der Waals surface area (Å²) < 4.78 is 0. The summed E-state index contributed by atoms with van der Waals surface area (Å²) in [5.74, 6) is 0.824. The fourth-order valence-electron chi connectivity index (χ4n) is 7.33. The topological polar surface area (TPSA) is 146 Å². The number of carboxylic acid groups (broad SMARTS) is 1. The average molecular weight is 727 g/mol. The molecule has 0 atom stereocenters. The quantitative estimate of drug-likeness (QED) is 0.151. The predicted molar refractivity (Wildman–Crippen MR) is 219 cm³/mol. The lowest BCUT2D eigenvalue weighted by Gasteiger charge is -2.19. The van der Waals surface area contributed by atoms with Gasteiger partial charge in [0.25, 0.3) is 0 Å². The highest BCUT2D eigenvalue weighted by atomic mass is 16.4. The molecule has 0 amide bonds. The third-order valence-electron chi connectivity index (χ3n) is 10.7. The van der Waals surface area contributed by atoms with Gasteiger partial charge in [0.15, 0.2) is 23.3 Å². The van der Waals surface area contributed by atoms with Crippen molar-refractivity contribution in [1.29, 1.82) is 0 Å². The Morgan fingerprint density at radius 2 is 0.800 bits per heavy atom. The Hall–Kier alpha value is -6.29. The summed E-state index contributed by atoms with van der Waals surface area (Å²) in [5.41, 5.74) is 8.64. The second kappa shape index (κ2) is 11.6. The molecule has 0 spiro atoms. The molecule has 55 heavy (non-hydrogen) atoms. The molecule has 5 heterocycles. The molecular formula is C45H42N8O2. The summed E-state index contributed by atoms with van der Waals surface area (Å²) in [6, 6.07) is 24.1. The van der Waals surface area contributed by atoms with Gasteiger partial charge >= 0.3 is 5.97 Å². The first-order valence-corrected chi connectivity index (χ1v) is 18.6. The van der Waals surface area contributed by atoms with Gasteiger partial charge in [0.1, 0.15) is 22.6 Å². The van der Waals surface area contributed by atoms with Gasteiger partial charge in [0.2, 0.25) is 0 Å². The summed E-state index contributed by atoms with van der Waals surface area (Å²) in [4.78, 5) is 50.0. The van der Waals surface area contributed by atoms with E-state index in [1.54, 1.807) is 18.2 Å². The molecule has 0 saturated carbocycles. The predicted octanol–water partition coefficient (Wildman–Crippen LogP) is 10.5. The number of fused-ring (bicyclic) bond motifs is 20. The number of carbonyl (C=O) groups is 1. The number of rotatable bonds is 1. The average Bonchev–Trinajstić information content (AvgIpc) is 3.85. The maximum Gasteiger partial charge on any atom is 0.335 e. The number of hydrogen-bond donors (Lipinski definition) is 3. The van der Waals surface area contributed by atoms with Gasteiger partial charge in [-0.05, 0) is 69.3 Å². The summed E-state index contributed by atoms with van der Waals surface area (Å²) in [7, 11) is 0. The van der Waals surface area contributed by atoms with Gasteiger partial charge in [-0.1, -0.05) is 98.7 Å². The molecule has 4 aromatic carbocycles. The number of H-pyrrole nitrogens is 2. The van der Waals surface area contributed by atoms with Crippen molar-refractivity contribution < 1.29 is 9.90 Å². The molecule has 0 unspecified atom stereocenters. The molecule has 2 aliphatic rings. The van der Waals surface area contributed by atoms with Crippen molar-refractivity contribution in [1.82, 2.24) is 39.9 Å². The zero-order chi connectivity index (χ0) is 38.8. The molecule has 0 radical (unpaired) electrons. The van der Waals surface area contributed by atoms with Crippen LogP contribution in [0.2, 0.25) is 0 Å². The SMILES string of the molecule is CC(C)(C)c1ccc2c(c1)-c1nc-2nc2[nH]c(nc3nc(nc4[nH]c(n1)c1cc(C(C)(C)C)ccc41)-c1cc(C(=O)O)ccc1-3)c1cc(C(C)(C)C)ccc21. The van der Waals surface area contributed by atoms with E-state index in [-0.39, 0.29) is 21.8 Å². The van der Waals surface area contributed by atoms with Crippen molar-refractivity contribution in [3.63, 3.8) is 0 Å². The standard InChI is InChI=1S/C45H42N8O2/c1-43(2,3)23-11-15-27-31(19-23)39-49-34-26-14-10-22(42(54)55)18-30(26)38(47-34)48-37-29-17-13-25(45(7,8)9)21-33(29)41(52-37)53-40-32-20-24(44(4,5)6)12-16-28(32)36(51-40)46-35(27)50-39/h10-21H,1-9H3,(H,54,55)(H2,46,47,48,49,50,51,52,53). The number of benzene rings is 4. The fraction of sp³-hybridized carbons (Fsp3) is 0.267. The molecule has 10 nitrogen and oxygen atoms in total. The van der Waals surface area contributed by atoms with Gasteiger partial charge in [0.05, 0.1) is 5.56 Å².